The van der Waals surface area contributed by atoms with Gasteiger partial charge in [0, 0.05) is 22.2 Å². The van der Waals surface area contributed by atoms with Gasteiger partial charge in [-0.05, 0) is 86.5 Å². The maximum Gasteiger partial charge on any atom is 0.262 e. The van der Waals surface area contributed by atoms with Crippen molar-refractivity contribution >= 4 is 23.2 Å². The summed E-state index contributed by atoms with van der Waals surface area (Å²) >= 11 is 6.27. The van der Waals surface area contributed by atoms with Gasteiger partial charge in [0.1, 0.15) is 0 Å². The normalized spacial score (nSPS) is 30.0. The van der Waals surface area contributed by atoms with Crippen LogP contribution in [0.2, 0.25) is 5.02 Å². The molecule has 6 rings (SSSR count). The second-order valence-electron chi connectivity index (χ2n) is 10.9. The van der Waals surface area contributed by atoms with Crippen molar-refractivity contribution in [3.63, 3.8) is 0 Å². The highest BCUT2D eigenvalue weighted by molar-refractivity contribution is 6.30. The number of nitrogens with zero attached hydrogens (tertiary/aromatic N) is 2. The summed E-state index contributed by atoms with van der Waals surface area (Å²) in [5, 5.41) is 8.09. The second kappa shape index (κ2) is 7.12. The molecule has 1 N–H and O–H groups in total. The van der Waals surface area contributed by atoms with Crippen molar-refractivity contribution in [1.82, 2.24) is 10.2 Å². The molecule has 2 aromatic rings. The van der Waals surface area contributed by atoms with Gasteiger partial charge in [-0.25, -0.2) is 0 Å². The first-order valence-corrected chi connectivity index (χ1v) is 11.7. The van der Waals surface area contributed by atoms with Gasteiger partial charge in [-0.2, -0.15) is 5.10 Å². The number of carbonyl (C=O) groups is 1. The van der Waals surface area contributed by atoms with Crippen LogP contribution >= 0.6 is 11.6 Å². The number of carbonyl (C=O) groups excluding carboxylic acids is 1. The van der Waals surface area contributed by atoms with Crippen molar-refractivity contribution in [3.05, 3.63) is 46.2 Å². The number of aryl methyl sites for hydroxylation is 1. The lowest BCUT2D eigenvalue weighted by molar-refractivity contribution is -0.00229. The number of H-pyrrole nitrogens is 1. The molecule has 4 saturated carbocycles. The van der Waals surface area contributed by atoms with Crippen LogP contribution in [0.5, 0.6) is 0 Å². The predicted molar refractivity (Wildman–Crippen MR) is 121 cm³/mol. The van der Waals surface area contributed by atoms with E-state index in [-0.39, 0.29) is 17.4 Å². The predicted octanol–water partition coefficient (Wildman–Crippen LogP) is 6.14. The molecule has 4 nitrogen and oxygen atoms in total. The quantitative estimate of drug-likeness (QED) is 0.641. The first kappa shape index (κ1) is 20.1. The molecular formula is C25H32ClN3O. The number of aromatic amines is 1. The van der Waals surface area contributed by atoms with Crippen LogP contribution in [-0.4, -0.2) is 22.1 Å². The number of hydrogen-bond donors (Lipinski definition) is 1. The number of halogens is 1. The van der Waals surface area contributed by atoms with E-state index in [0.29, 0.717) is 22.4 Å². The van der Waals surface area contributed by atoms with E-state index in [1.165, 1.54) is 32.1 Å². The third kappa shape index (κ3) is 3.28. The van der Waals surface area contributed by atoms with Crippen LogP contribution in [0.3, 0.4) is 0 Å². The molecule has 0 radical (unpaired) electrons. The zero-order chi connectivity index (χ0) is 21.2. The molecule has 5 heteroatoms. The maximum atomic E-state index is 14.2. The molecule has 0 atom stereocenters. The first-order chi connectivity index (χ1) is 14.2. The number of amides is 1. The summed E-state index contributed by atoms with van der Waals surface area (Å²) in [4.78, 5) is 16.3. The Morgan fingerprint density at radius 2 is 1.73 bits per heavy atom. The van der Waals surface area contributed by atoms with Crippen LogP contribution in [0, 0.1) is 30.6 Å². The number of hydrogen-bond acceptors (Lipinski definition) is 2. The van der Waals surface area contributed by atoms with Gasteiger partial charge in [0.15, 0.2) is 0 Å². The SMILES string of the molecule is Cc1cc(Cl)ccc1N(C(=O)c1cn[nH]c1C(C)(C)C)C1C2CC3CC(C2)CC1C3. The van der Waals surface area contributed by atoms with Crippen LogP contribution in [0.25, 0.3) is 0 Å². The van der Waals surface area contributed by atoms with E-state index in [4.69, 9.17) is 11.6 Å². The fourth-order valence-electron chi connectivity index (χ4n) is 6.76. The number of rotatable bonds is 3. The summed E-state index contributed by atoms with van der Waals surface area (Å²) in [6.07, 6.45) is 8.20. The molecule has 4 fully saturated rings. The van der Waals surface area contributed by atoms with Gasteiger partial charge in [-0.1, -0.05) is 32.4 Å². The molecule has 1 aromatic carbocycles. The van der Waals surface area contributed by atoms with Crippen molar-refractivity contribution in [2.24, 2.45) is 23.7 Å². The molecule has 1 amide bonds. The van der Waals surface area contributed by atoms with Gasteiger partial charge in [0.05, 0.1) is 17.5 Å². The standard InChI is InChI=1S/C25H32ClN3O/c1-14-7-19(26)5-6-21(14)29(24(30)20-13-27-28-23(20)25(2,3)4)22-17-9-15-8-16(11-17)12-18(22)10-15/h5-7,13,15-18,22H,8-12H2,1-4H3,(H,27,28). The topological polar surface area (TPSA) is 49.0 Å². The number of aromatic nitrogens is 2. The van der Waals surface area contributed by atoms with Gasteiger partial charge in [0.2, 0.25) is 0 Å². The molecule has 0 saturated heterocycles. The van der Waals surface area contributed by atoms with Crippen molar-refractivity contribution in [2.45, 2.75) is 71.3 Å². The van der Waals surface area contributed by atoms with Crippen molar-refractivity contribution in [2.75, 3.05) is 4.90 Å². The summed E-state index contributed by atoms with van der Waals surface area (Å²) < 4.78 is 0. The number of anilines is 1. The van der Waals surface area contributed by atoms with Gasteiger partial charge in [0.25, 0.3) is 5.91 Å². The molecule has 4 aliphatic rings. The summed E-state index contributed by atoms with van der Waals surface area (Å²) in [6, 6.07) is 6.21. The Morgan fingerprint density at radius 3 is 2.30 bits per heavy atom. The Labute approximate surface area is 184 Å². The van der Waals surface area contributed by atoms with Crippen LogP contribution in [0.4, 0.5) is 5.69 Å². The van der Waals surface area contributed by atoms with E-state index in [1.54, 1.807) is 6.20 Å². The average molecular weight is 426 g/mol. The average Bonchev–Trinajstić information content (AvgIpc) is 3.15. The Balaban J connectivity index is 1.61. The largest absolute Gasteiger partial charge is 0.304 e. The lowest BCUT2D eigenvalue weighted by atomic mass is 9.53. The summed E-state index contributed by atoms with van der Waals surface area (Å²) in [5.41, 5.74) is 3.50. The highest BCUT2D eigenvalue weighted by atomic mass is 35.5. The second-order valence-corrected chi connectivity index (χ2v) is 11.4. The van der Waals surface area contributed by atoms with Gasteiger partial charge in [-0.15, -0.1) is 0 Å². The fourth-order valence-corrected chi connectivity index (χ4v) is 6.99. The van der Waals surface area contributed by atoms with E-state index < -0.39 is 0 Å². The maximum absolute atomic E-state index is 14.2. The van der Waals surface area contributed by atoms with E-state index >= 15 is 0 Å². The molecule has 0 spiro atoms. The van der Waals surface area contributed by atoms with Crippen molar-refractivity contribution in [1.29, 1.82) is 0 Å². The molecule has 1 heterocycles. The lowest BCUT2D eigenvalue weighted by Crippen LogP contribution is -2.58. The Bertz CT molecular complexity index is 945. The molecule has 160 valence electrons. The number of nitrogens with one attached hydrogen (secondary N) is 1. The minimum atomic E-state index is -0.174. The Hall–Kier alpha value is -1.81. The smallest absolute Gasteiger partial charge is 0.262 e. The Morgan fingerprint density at radius 1 is 1.10 bits per heavy atom. The molecule has 0 aliphatic heterocycles. The van der Waals surface area contributed by atoms with E-state index in [9.17, 15) is 4.79 Å². The Kier molecular flexibility index (Phi) is 4.77. The van der Waals surface area contributed by atoms with Crippen molar-refractivity contribution < 1.29 is 4.79 Å². The van der Waals surface area contributed by atoms with E-state index in [1.807, 2.05) is 18.2 Å². The summed E-state index contributed by atoms with van der Waals surface area (Å²) in [7, 11) is 0. The monoisotopic (exact) mass is 425 g/mol. The summed E-state index contributed by atoms with van der Waals surface area (Å²) in [5.74, 6) is 3.02. The molecule has 4 bridgehead atoms. The van der Waals surface area contributed by atoms with E-state index in [2.05, 4.69) is 42.8 Å². The van der Waals surface area contributed by atoms with Crippen LogP contribution in [-0.2, 0) is 5.41 Å². The third-order valence-corrected chi connectivity index (χ3v) is 7.97. The molecular weight excluding hydrogens is 394 g/mol. The molecule has 4 aliphatic carbocycles. The highest BCUT2D eigenvalue weighted by Crippen LogP contribution is 2.56. The molecule has 30 heavy (non-hydrogen) atoms. The zero-order valence-corrected chi connectivity index (χ0v) is 19.2. The molecule has 0 unspecified atom stereocenters. The third-order valence-electron chi connectivity index (χ3n) is 7.73. The van der Waals surface area contributed by atoms with Gasteiger partial charge in [-0.3, -0.25) is 9.89 Å². The van der Waals surface area contributed by atoms with Gasteiger partial charge < -0.3 is 4.90 Å². The number of benzene rings is 1. The summed E-state index contributed by atoms with van der Waals surface area (Å²) in [6.45, 7) is 8.44. The fraction of sp³-hybridized carbons (Fsp3) is 0.600. The van der Waals surface area contributed by atoms with Crippen LogP contribution in [0.1, 0.15) is 74.5 Å². The van der Waals surface area contributed by atoms with Gasteiger partial charge >= 0.3 is 0 Å². The van der Waals surface area contributed by atoms with Crippen LogP contribution < -0.4 is 4.90 Å². The minimum absolute atomic E-state index is 0.0802. The van der Waals surface area contributed by atoms with Crippen molar-refractivity contribution in [3.8, 4) is 0 Å². The lowest BCUT2D eigenvalue weighted by Gasteiger charge is -2.57. The van der Waals surface area contributed by atoms with E-state index in [0.717, 1.165) is 28.8 Å². The minimum Gasteiger partial charge on any atom is -0.304 e. The zero-order valence-electron chi connectivity index (χ0n) is 18.4. The first-order valence-electron chi connectivity index (χ1n) is 11.4. The highest BCUT2D eigenvalue weighted by Gasteiger charge is 2.52. The van der Waals surface area contributed by atoms with Crippen LogP contribution in [0.15, 0.2) is 24.4 Å². The molecule has 1 aromatic heterocycles.